The first-order chi connectivity index (χ1) is 16.1. The minimum atomic E-state index is -0.938. The molecule has 4 rings (SSSR count). The van der Waals surface area contributed by atoms with Gasteiger partial charge in [-0.1, -0.05) is 50.8 Å². The zero-order chi connectivity index (χ0) is 23.4. The highest BCUT2D eigenvalue weighted by atomic mass is 16.5. The minimum absolute atomic E-state index is 0.00265. The van der Waals surface area contributed by atoms with E-state index in [-0.39, 0.29) is 30.9 Å². The lowest BCUT2D eigenvalue weighted by Gasteiger charge is -2.43. The molecule has 2 amide bonds. The molecule has 33 heavy (non-hydrogen) atoms. The molecule has 180 valence electrons. The van der Waals surface area contributed by atoms with Gasteiger partial charge in [0.2, 0.25) is 11.8 Å². The van der Waals surface area contributed by atoms with Crippen molar-refractivity contribution in [2.45, 2.75) is 76.0 Å². The number of aliphatic hydroxyl groups excluding tert-OH is 2. The average molecular weight is 457 g/mol. The van der Waals surface area contributed by atoms with E-state index in [1.165, 1.54) is 0 Å². The van der Waals surface area contributed by atoms with E-state index in [1.807, 2.05) is 24.3 Å². The van der Waals surface area contributed by atoms with Crippen molar-refractivity contribution in [3.63, 3.8) is 0 Å². The Morgan fingerprint density at radius 2 is 1.97 bits per heavy atom. The third kappa shape index (κ3) is 4.80. The molecule has 1 aromatic rings. The van der Waals surface area contributed by atoms with Crippen molar-refractivity contribution in [1.82, 2.24) is 10.2 Å². The predicted octanol–water partition coefficient (Wildman–Crippen LogP) is 2.52. The van der Waals surface area contributed by atoms with E-state index in [9.17, 15) is 19.8 Å². The molecule has 7 nitrogen and oxygen atoms in total. The van der Waals surface area contributed by atoms with Crippen LogP contribution in [0.4, 0.5) is 0 Å². The number of para-hydroxylation sites is 1. The maximum Gasteiger partial charge on any atom is 0.247 e. The maximum atomic E-state index is 13.4. The number of aliphatic hydroxyl groups is 2. The summed E-state index contributed by atoms with van der Waals surface area (Å²) in [5.41, 5.74) is 1.36. The van der Waals surface area contributed by atoms with E-state index >= 15 is 0 Å². The van der Waals surface area contributed by atoms with E-state index < -0.39 is 24.2 Å². The molecule has 1 saturated carbocycles. The Kier molecular flexibility index (Phi) is 7.71. The molecule has 1 aromatic carbocycles. The van der Waals surface area contributed by atoms with Gasteiger partial charge in [0.15, 0.2) is 0 Å². The highest BCUT2D eigenvalue weighted by molar-refractivity contribution is 5.96. The third-order valence-electron chi connectivity index (χ3n) is 7.23. The van der Waals surface area contributed by atoms with Crippen LogP contribution in [0.3, 0.4) is 0 Å². The van der Waals surface area contributed by atoms with Gasteiger partial charge in [0.1, 0.15) is 18.0 Å². The van der Waals surface area contributed by atoms with Crippen LogP contribution in [0.25, 0.3) is 0 Å². The standard InChI is InChI=1S/C26H36N2O5/c1-2-3-4-7-14-28(26(32)17-9-8-10-17)20-16-19(25(31)27-13-15-29)22-18-11-5-6-12-21(18)33-24(22)23(20)30/h5-6,11-12,16-17,20,22-24,29-30H,2-4,7-10,13-15H2,1H3,(H,27,31). The first kappa shape index (κ1) is 23.8. The lowest BCUT2D eigenvalue weighted by atomic mass is 9.76. The maximum absolute atomic E-state index is 13.4. The van der Waals surface area contributed by atoms with Gasteiger partial charge in [-0.3, -0.25) is 9.59 Å². The van der Waals surface area contributed by atoms with Crippen LogP contribution in [0.2, 0.25) is 0 Å². The summed E-state index contributed by atoms with van der Waals surface area (Å²) in [6.45, 7) is 2.70. The van der Waals surface area contributed by atoms with Crippen molar-refractivity contribution in [3.8, 4) is 5.75 Å². The van der Waals surface area contributed by atoms with Crippen LogP contribution in [0, 0.1) is 5.92 Å². The lowest BCUT2D eigenvalue weighted by molar-refractivity contribution is -0.144. The second-order valence-corrected chi connectivity index (χ2v) is 9.40. The first-order valence-corrected chi connectivity index (χ1v) is 12.4. The quantitative estimate of drug-likeness (QED) is 0.470. The topological polar surface area (TPSA) is 99.1 Å². The Balaban J connectivity index is 1.67. The van der Waals surface area contributed by atoms with Gasteiger partial charge in [0.05, 0.1) is 18.6 Å². The second kappa shape index (κ2) is 10.7. The normalized spacial score (nSPS) is 25.8. The van der Waals surface area contributed by atoms with Gasteiger partial charge in [-0.15, -0.1) is 0 Å². The molecule has 0 radical (unpaired) electrons. The Bertz CT molecular complexity index is 881. The molecule has 3 aliphatic rings. The fourth-order valence-corrected chi connectivity index (χ4v) is 5.20. The first-order valence-electron chi connectivity index (χ1n) is 12.4. The highest BCUT2D eigenvalue weighted by Gasteiger charge is 2.50. The van der Waals surface area contributed by atoms with Crippen LogP contribution >= 0.6 is 0 Å². The Morgan fingerprint density at radius 3 is 2.67 bits per heavy atom. The van der Waals surface area contributed by atoms with Crippen molar-refractivity contribution in [1.29, 1.82) is 0 Å². The van der Waals surface area contributed by atoms with Crippen LogP contribution < -0.4 is 10.1 Å². The molecule has 3 N–H and O–H groups in total. The van der Waals surface area contributed by atoms with Crippen LogP contribution in [0.15, 0.2) is 35.9 Å². The summed E-state index contributed by atoms with van der Waals surface area (Å²) in [5, 5.41) is 23.4. The number of nitrogens with one attached hydrogen (secondary N) is 1. The number of hydrogen-bond acceptors (Lipinski definition) is 5. The molecule has 1 aliphatic heterocycles. The highest BCUT2D eigenvalue weighted by Crippen LogP contribution is 2.47. The van der Waals surface area contributed by atoms with Crippen molar-refractivity contribution in [2.24, 2.45) is 5.92 Å². The number of rotatable bonds is 10. The number of carbonyl (C=O) groups is 2. The molecular weight excluding hydrogens is 420 g/mol. The number of amides is 2. The van der Waals surface area contributed by atoms with Crippen LogP contribution in [-0.4, -0.2) is 64.9 Å². The van der Waals surface area contributed by atoms with E-state index in [1.54, 1.807) is 11.0 Å². The molecule has 0 spiro atoms. The summed E-state index contributed by atoms with van der Waals surface area (Å²) < 4.78 is 6.15. The van der Waals surface area contributed by atoms with Gasteiger partial charge in [-0.2, -0.15) is 0 Å². The Morgan fingerprint density at radius 1 is 1.18 bits per heavy atom. The summed E-state index contributed by atoms with van der Waals surface area (Å²) >= 11 is 0. The summed E-state index contributed by atoms with van der Waals surface area (Å²) in [5.74, 6) is 0.0306. The number of hydrogen-bond donors (Lipinski definition) is 3. The van der Waals surface area contributed by atoms with Crippen molar-refractivity contribution in [3.05, 3.63) is 41.5 Å². The number of fused-ring (bicyclic) bond motifs is 3. The van der Waals surface area contributed by atoms with Crippen molar-refractivity contribution < 1.29 is 24.5 Å². The number of benzene rings is 1. The molecule has 4 unspecified atom stereocenters. The van der Waals surface area contributed by atoms with Gasteiger partial charge >= 0.3 is 0 Å². The van der Waals surface area contributed by atoms with Gasteiger partial charge in [-0.05, 0) is 31.4 Å². The zero-order valence-electron chi connectivity index (χ0n) is 19.4. The number of nitrogens with zero attached hydrogens (tertiary/aromatic N) is 1. The van der Waals surface area contributed by atoms with Gasteiger partial charge in [0.25, 0.3) is 0 Å². The van der Waals surface area contributed by atoms with Gasteiger partial charge in [0, 0.05) is 30.1 Å². The van der Waals surface area contributed by atoms with E-state index in [0.29, 0.717) is 17.9 Å². The number of carbonyl (C=O) groups excluding carboxylic acids is 2. The third-order valence-corrected chi connectivity index (χ3v) is 7.23. The monoisotopic (exact) mass is 456 g/mol. The minimum Gasteiger partial charge on any atom is -0.486 e. The molecule has 4 atom stereocenters. The van der Waals surface area contributed by atoms with E-state index in [0.717, 1.165) is 50.5 Å². The summed E-state index contributed by atoms with van der Waals surface area (Å²) in [6, 6.07) is 6.91. The summed E-state index contributed by atoms with van der Waals surface area (Å²) in [6.07, 6.45) is 7.12. The Labute approximate surface area is 195 Å². The molecule has 7 heteroatoms. The van der Waals surface area contributed by atoms with Crippen LogP contribution in [0.5, 0.6) is 5.75 Å². The van der Waals surface area contributed by atoms with E-state index in [4.69, 9.17) is 4.74 Å². The fourth-order valence-electron chi connectivity index (χ4n) is 5.20. The second-order valence-electron chi connectivity index (χ2n) is 9.40. The molecule has 2 aliphatic carbocycles. The predicted molar refractivity (Wildman–Crippen MR) is 125 cm³/mol. The Hall–Kier alpha value is -2.38. The summed E-state index contributed by atoms with van der Waals surface area (Å²) in [4.78, 5) is 28.3. The molecule has 0 saturated heterocycles. The fraction of sp³-hybridized carbons (Fsp3) is 0.615. The smallest absolute Gasteiger partial charge is 0.247 e. The van der Waals surface area contributed by atoms with Gasteiger partial charge < -0.3 is 25.2 Å². The largest absolute Gasteiger partial charge is 0.486 e. The van der Waals surface area contributed by atoms with Crippen LogP contribution in [0.1, 0.15) is 63.4 Å². The molecule has 1 heterocycles. The number of unbranched alkanes of at least 4 members (excludes halogenated alkanes) is 3. The molecule has 0 bridgehead atoms. The SMILES string of the molecule is CCCCCCN(C(=O)C1CCC1)C1C=C(C(=O)NCCO)C2c3ccccc3OC2C1O. The van der Waals surface area contributed by atoms with Crippen molar-refractivity contribution in [2.75, 3.05) is 19.7 Å². The lowest BCUT2D eigenvalue weighted by Crippen LogP contribution is -2.57. The molecular formula is C26H36N2O5. The zero-order valence-corrected chi connectivity index (χ0v) is 19.4. The van der Waals surface area contributed by atoms with Gasteiger partial charge in [-0.25, -0.2) is 0 Å². The summed E-state index contributed by atoms with van der Waals surface area (Å²) in [7, 11) is 0. The molecule has 1 fully saturated rings. The number of ether oxygens (including phenoxy) is 1. The van der Waals surface area contributed by atoms with E-state index in [2.05, 4.69) is 12.2 Å². The van der Waals surface area contributed by atoms with Crippen LogP contribution in [-0.2, 0) is 9.59 Å². The molecule has 0 aromatic heterocycles. The van der Waals surface area contributed by atoms with Crippen molar-refractivity contribution >= 4 is 11.8 Å². The average Bonchev–Trinajstić information content (AvgIpc) is 3.17.